The molecule has 5 rings (SSSR count). The predicted molar refractivity (Wildman–Crippen MR) is 129 cm³/mol. The zero-order valence-electron chi connectivity index (χ0n) is 20.4. The summed E-state index contributed by atoms with van der Waals surface area (Å²) in [7, 11) is 3.05. The highest BCUT2D eigenvalue weighted by Gasteiger charge is 2.45. The molecule has 3 aliphatic rings. The van der Waals surface area contributed by atoms with Crippen molar-refractivity contribution in [1.82, 2.24) is 9.80 Å². The number of benzene rings is 2. The molecule has 3 amide bonds. The van der Waals surface area contributed by atoms with Gasteiger partial charge in [0, 0.05) is 51.0 Å². The van der Waals surface area contributed by atoms with Crippen molar-refractivity contribution < 1.29 is 33.4 Å². The van der Waals surface area contributed by atoms with Gasteiger partial charge in [-0.2, -0.15) is 0 Å². The Morgan fingerprint density at radius 2 is 1.67 bits per heavy atom. The number of imide groups is 1. The van der Waals surface area contributed by atoms with Crippen molar-refractivity contribution in [3.63, 3.8) is 0 Å². The Kier molecular flexibility index (Phi) is 6.15. The lowest BCUT2D eigenvalue weighted by Crippen LogP contribution is -2.52. The first kappa shape index (κ1) is 23.8. The van der Waals surface area contributed by atoms with Crippen molar-refractivity contribution in [2.24, 2.45) is 0 Å². The van der Waals surface area contributed by atoms with Gasteiger partial charge in [-0.3, -0.25) is 24.1 Å². The van der Waals surface area contributed by atoms with Crippen LogP contribution in [0.2, 0.25) is 0 Å². The van der Waals surface area contributed by atoms with Crippen LogP contribution in [0.15, 0.2) is 36.4 Å². The second kappa shape index (κ2) is 9.29. The molecule has 9 heteroatoms. The molecule has 0 N–H and O–H groups in total. The standard InChI is InChI=1S/C27H28N2O7/c1-34-17-14-21(35-2)24-20(30)16-27(36-22(24)15-17)9-12-28(13-10-27)23(31)8-5-11-29-25(32)18-6-3-4-7-19(18)26(29)33/h3-4,6-7,14-15H,5,8-13,16H2,1-2H3. The Morgan fingerprint density at radius 1 is 1.00 bits per heavy atom. The van der Waals surface area contributed by atoms with E-state index in [1.54, 1.807) is 48.4 Å². The van der Waals surface area contributed by atoms with Crippen LogP contribution in [0.5, 0.6) is 17.2 Å². The van der Waals surface area contributed by atoms with Crippen LogP contribution in [-0.2, 0) is 4.79 Å². The number of piperidine rings is 1. The molecule has 1 saturated heterocycles. The summed E-state index contributed by atoms with van der Waals surface area (Å²) >= 11 is 0. The molecule has 3 aliphatic heterocycles. The maximum absolute atomic E-state index is 13.0. The van der Waals surface area contributed by atoms with E-state index >= 15 is 0 Å². The second-order valence-corrected chi connectivity index (χ2v) is 9.38. The molecule has 188 valence electrons. The van der Waals surface area contributed by atoms with Gasteiger partial charge in [0.1, 0.15) is 28.4 Å². The van der Waals surface area contributed by atoms with Crippen LogP contribution in [0, 0.1) is 0 Å². The average Bonchev–Trinajstić information content (AvgIpc) is 3.13. The van der Waals surface area contributed by atoms with E-state index in [1.807, 2.05) is 0 Å². The zero-order chi connectivity index (χ0) is 25.4. The number of fused-ring (bicyclic) bond motifs is 2. The van der Waals surface area contributed by atoms with E-state index in [9.17, 15) is 19.2 Å². The van der Waals surface area contributed by atoms with Crippen molar-refractivity contribution in [1.29, 1.82) is 0 Å². The van der Waals surface area contributed by atoms with E-state index < -0.39 is 5.60 Å². The minimum atomic E-state index is -0.668. The van der Waals surface area contributed by atoms with Crippen LogP contribution in [0.25, 0.3) is 0 Å². The quantitative estimate of drug-likeness (QED) is 0.571. The van der Waals surface area contributed by atoms with E-state index in [1.165, 1.54) is 12.0 Å². The smallest absolute Gasteiger partial charge is 0.261 e. The number of methoxy groups -OCH3 is 2. The van der Waals surface area contributed by atoms with Crippen molar-refractivity contribution in [3.05, 3.63) is 53.1 Å². The number of hydrogen-bond donors (Lipinski definition) is 0. The first-order valence-corrected chi connectivity index (χ1v) is 12.1. The van der Waals surface area contributed by atoms with Gasteiger partial charge in [0.2, 0.25) is 5.91 Å². The van der Waals surface area contributed by atoms with E-state index in [0.29, 0.717) is 66.3 Å². The van der Waals surface area contributed by atoms with Gasteiger partial charge in [-0.05, 0) is 18.6 Å². The zero-order valence-corrected chi connectivity index (χ0v) is 20.4. The fourth-order valence-corrected chi connectivity index (χ4v) is 5.28. The van der Waals surface area contributed by atoms with Gasteiger partial charge < -0.3 is 19.1 Å². The lowest BCUT2D eigenvalue weighted by atomic mass is 9.82. The SMILES string of the molecule is COc1cc(OC)c2c(c1)OC1(CCN(C(=O)CCCN3C(=O)c4ccccc4C3=O)CC1)CC2=O. The summed E-state index contributed by atoms with van der Waals surface area (Å²) in [6.07, 6.45) is 1.92. The highest BCUT2D eigenvalue weighted by Crippen LogP contribution is 2.44. The normalized spacial score (nSPS) is 18.1. The molecule has 0 saturated carbocycles. The molecule has 2 aromatic rings. The van der Waals surface area contributed by atoms with Crippen LogP contribution in [0.1, 0.15) is 63.2 Å². The largest absolute Gasteiger partial charge is 0.496 e. The molecule has 36 heavy (non-hydrogen) atoms. The minimum Gasteiger partial charge on any atom is -0.496 e. The average molecular weight is 493 g/mol. The molecule has 9 nitrogen and oxygen atoms in total. The fraction of sp³-hybridized carbons (Fsp3) is 0.407. The van der Waals surface area contributed by atoms with Gasteiger partial charge in [-0.1, -0.05) is 12.1 Å². The number of carbonyl (C=O) groups is 4. The van der Waals surface area contributed by atoms with Gasteiger partial charge in [0.05, 0.1) is 31.8 Å². The third kappa shape index (κ3) is 4.08. The van der Waals surface area contributed by atoms with Crippen molar-refractivity contribution in [2.45, 2.75) is 37.7 Å². The molecule has 0 unspecified atom stereocenters. The summed E-state index contributed by atoms with van der Waals surface area (Å²) in [5.74, 6) is 0.717. The molecular formula is C27H28N2O7. The van der Waals surface area contributed by atoms with Crippen LogP contribution in [0.4, 0.5) is 0 Å². The number of amides is 3. The van der Waals surface area contributed by atoms with Gasteiger partial charge in [0.15, 0.2) is 5.78 Å². The summed E-state index contributed by atoms with van der Waals surface area (Å²) in [4.78, 5) is 53.9. The Balaban J connectivity index is 1.17. The summed E-state index contributed by atoms with van der Waals surface area (Å²) < 4.78 is 17.0. The lowest BCUT2D eigenvalue weighted by Gasteiger charge is -2.44. The molecule has 0 bridgehead atoms. The summed E-state index contributed by atoms with van der Waals surface area (Å²) in [5.41, 5.74) is 0.580. The molecule has 0 radical (unpaired) electrons. The third-order valence-electron chi connectivity index (χ3n) is 7.26. The number of ketones is 1. The molecular weight excluding hydrogens is 464 g/mol. The fourth-order valence-electron chi connectivity index (χ4n) is 5.28. The van der Waals surface area contributed by atoms with Crippen molar-refractivity contribution in [2.75, 3.05) is 33.9 Å². The van der Waals surface area contributed by atoms with Crippen molar-refractivity contribution >= 4 is 23.5 Å². The van der Waals surface area contributed by atoms with E-state index in [2.05, 4.69) is 0 Å². The van der Waals surface area contributed by atoms with Crippen LogP contribution >= 0.6 is 0 Å². The number of rotatable bonds is 6. The van der Waals surface area contributed by atoms with Crippen LogP contribution in [-0.4, -0.2) is 72.8 Å². The Hall–Kier alpha value is -3.88. The maximum Gasteiger partial charge on any atom is 0.261 e. The van der Waals surface area contributed by atoms with Crippen LogP contribution < -0.4 is 14.2 Å². The van der Waals surface area contributed by atoms with Crippen molar-refractivity contribution in [3.8, 4) is 17.2 Å². The summed E-state index contributed by atoms with van der Waals surface area (Å²) in [6.45, 7) is 1.14. The minimum absolute atomic E-state index is 0.0349. The number of ether oxygens (including phenoxy) is 3. The van der Waals surface area contributed by atoms with Gasteiger partial charge >= 0.3 is 0 Å². The third-order valence-corrected chi connectivity index (χ3v) is 7.26. The highest BCUT2D eigenvalue weighted by atomic mass is 16.5. The lowest BCUT2D eigenvalue weighted by molar-refractivity contribution is -0.134. The molecule has 1 spiro atoms. The van der Waals surface area contributed by atoms with Gasteiger partial charge in [-0.25, -0.2) is 0 Å². The topological polar surface area (TPSA) is 102 Å². The number of likely N-dealkylation sites (tertiary alicyclic amines) is 1. The first-order valence-electron chi connectivity index (χ1n) is 12.1. The molecule has 1 fully saturated rings. The molecule has 0 atom stereocenters. The monoisotopic (exact) mass is 492 g/mol. The number of Topliss-reactive ketones (excluding diaryl/α,β-unsaturated/α-hetero) is 1. The van der Waals surface area contributed by atoms with E-state index in [4.69, 9.17) is 14.2 Å². The number of nitrogens with zero attached hydrogens (tertiary/aromatic N) is 2. The Labute approximate surface area is 208 Å². The number of hydrogen-bond acceptors (Lipinski definition) is 7. The first-order chi connectivity index (χ1) is 17.4. The van der Waals surface area contributed by atoms with E-state index in [0.717, 1.165) is 0 Å². The second-order valence-electron chi connectivity index (χ2n) is 9.38. The molecule has 3 heterocycles. The highest BCUT2D eigenvalue weighted by molar-refractivity contribution is 6.21. The Bertz CT molecular complexity index is 1210. The Morgan fingerprint density at radius 3 is 2.28 bits per heavy atom. The van der Waals surface area contributed by atoms with Crippen LogP contribution in [0.3, 0.4) is 0 Å². The molecule has 0 aromatic heterocycles. The maximum atomic E-state index is 13.0. The van der Waals surface area contributed by atoms with Gasteiger partial charge in [-0.15, -0.1) is 0 Å². The van der Waals surface area contributed by atoms with E-state index in [-0.39, 0.29) is 42.9 Å². The summed E-state index contributed by atoms with van der Waals surface area (Å²) in [5, 5.41) is 0. The number of carbonyl (C=O) groups excluding carboxylic acids is 4. The molecule has 0 aliphatic carbocycles. The molecule has 2 aromatic carbocycles. The van der Waals surface area contributed by atoms with Gasteiger partial charge in [0.25, 0.3) is 11.8 Å². The summed E-state index contributed by atoms with van der Waals surface area (Å²) in [6, 6.07) is 10.1. The predicted octanol–water partition coefficient (Wildman–Crippen LogP) is 3.11.